The summed E-state index contributed by atoms with van der Waals surface area (Å²) >= 11 is 7.89. The third-order valence-corrected chi connectivity index (χ3v) is 4.30. The number of benzene rings is 1. The monoisotopic (exact) mass is 279 g/mol. The molecule has 1 atom stereocenters. The van der Waals surface area contributed by atoms with Gasteiger partial charge < -0.3 is 5.32 Å². The van der Waals surface area contributed by atoms with Gasteiger partial charge in [0.1, 0.15) is 0 Å². The molecule has 1 N–H and O–H groups in total. The van der Waals surface area contributed by atoms with E-state index in [4.69, 9.17) is 11.6 Å². The summed E-state index contributed by atoms with van der Waals surface area (Å²) in [6.45, 7) is 5.26. The van der Waals surface area contributed by atoms with Gasteiger partial charge in [0.2, 0.25) is 0 Å². The molecule has 96 valence electrons. The SMILES string of the molecule is CCCNC(c1ccc(Cl)c(C)c1)c1cccs1. The lowest BCUT2D eigenvalue weighted by atomic mass is 10.0. The van der Waals surface area contributed by atoms with Crippen LogP contribution in [0.4, 0.5) is 0 Å². The standard InChI is InChI=1S/C15H18ClNS/c1-3-8-17-15(14-5-4-9-18-14)12-6-7-13(16)11(2)10-12/h4-7,9-10,15,17H,3,8H2,1-2H3. The van der Waals surface area contributed by atoms with Crippen LogP contribution >= 0.6 is 22.9 Å². The smallest absolute Gasteiger partial charge is 0.0671 e. The lowest BCUT2D eigenvalue weighted by Crippen LogP contribution is -2.22. The topological polar surface area (TPSA) is 12.0 Å². The van der Waals surface area contributed by atoms with E-state index >= 15 is 0 Å². The van der Waals surface area contributed by atoms with E-state index in [1.54, 1.807) is 11.3 Å². The molecule has 1 aromatic heterocycles. The van der Waals surface area contributed by atoms with Gasteiger partial charge in [0.15, 0.2) is 0 Å². The van der Waals surface area contributed by atoms with Gasteiger partial charge in [-0.05, 0) is 48.5 Å². The predicted molar refractivity (Wildman–Crippen MR) is 80.6 cm³/mol. The lowest BCUT2D eigenvalue weighted by molar-refractivity contribution is 0.605. The number of rotatable bonds is 5. The summed E-state index contributed by atoms with van der Waals surface area (Å²) < 4.78 is 0. The molecule has 0 fully saturated rings. The first-order valence-electron chi connectivity index (χ1n) is 6.25. The average molecular weight is 280 g/mol. The Kier molecular flexibility index (Phi) is 4.81. The molecule has 3 heteroatoms. The van der Waals surface area contributed by atoms with Crippen molar-refractivity contribution in [3.63, 3.8) is 0 Å². The van der Waals surface area contributed by atoms with E-state index in [9.17, 15) is 0 Å². The van der Waals surface area contributed by atoms with Crippen molar-refractivity contribution in [3.05, 3.63) is 56.7 Å². The molecule has 1 aromatic carbocycles. The molecule has 0 saturated heterocycles. The van der Waals surface area contributed by atoms with Gasteiger partial charge in [0, 0.05) is 9.90 Å². The zero-order chi connectivity index (χ0) is 13.0. The highest BCUT2D eigenvalue weighted by Gasteiger charge is 2.14. The quantitative estimate of drug-likeness (QED) is 0.829. The fourth-order valence-electron chi connectivity index (χ4n) is 1.97. The second-order valence-electron chi connectivity index (χ2n) is 4.41. The molecule has 2 rings (SSSR count). The normalized spacial score (nSPS) is 12.6. The van der Waals surface area contributed by atoms with Gasteiger partial charge >= 0.3 is 0 Å². The van der Waals surface area contributed by atoms with E-state index in [0.29, 0.717) is 0 Å². The highest BCUT2D eigenvalue weighted by Crippen LogP contribution is 2.28. The first kappa shape index (κ1) is 13.6. The molecule has 0 saturated carbocycles. The Bertz CT molecular complexity index is 493. The van der Waals surface area contributed by atoms with E-state index in [2.05, 4.69) is 48.8 Å². The summed E-state index contributed by atoms with van der Waals surface area (Å²) in [4.78, 5) is 1.35. The van der Waals surface area contributed by atoms with Crippen LogP contribution < -0.4 is 5.32 Å². The highest BCUT2D eigenvalue weighted by atomic mass is 35.5. The Labute approximate surface area is 118 Å². The Balaban J connectivity index is 2.30. The van der Waals surface area contributed by atoms with Crippen LogP contribution in [-0.4, -0.2) is 6.54 Å². The number of thiophene rings is 1. The molecule has 1 heterocycles. The molecule has 18 heavy (non-hydrogen) atoms. The van der Waals surface area contributed by atoms with Gasteiger partial charge in [-0.15, -0.1) is 11.3 Å². The van der Waals surface area contributed by atoms with Gasteiger partial charge in [0.05, 0.1) is 6.04 Å². The summed E-state index contributed by atoms with van der Waals surface area (Å²) in [5, 5.41) is 6.56. The number of aryl methyl sites for hydroxylation is 1. The van der Waals surface area contributed by atoms with E-state index in [1.165, 1.54) is 10.4 Å². The predicted octanol–water partition coefficient (Wildman–Crippen LogP) is 4.80. The molecule has 0 aliphatic rings. The Hall–Kier alpha value is -0.830. The molecular formula is C15H18ClNS. The minimum absolute atomic E-state index is 0.279. The van der Waals surface area contributed by atoms with Crippen LogP contribution in [0.2, 0.25) is 5.02 Å². The number of halogens is 1. The minimum atomic E-state index is 0.279. The van der Waals surface area contributed by atoms with Gasteiger partial charge in [-0.3, -0.25) is 0 Å². The fraction of sp³-hybridized carbons (Fsp3) is 0.333. The van der Waals surface area contributed by atoms with Gasteiger partial charge in [-0.25, -0.2) is 0 Å². The zero-order valence-corrected chi connectivity index (χ0v) is 12.3. The van der Waals surface area contributed by atoms with Crippen molar-refractivity contribution >= 4 is 22.9 Å². The van der Waals surface area contributed by atoms with Crippen molar-refractivity contribution in [1.82, 2.24) is 5.32 Å². The fourth-order valence-corrected chi connectivity index (χ4v) is 2.92. The first-order valence-corrected chi connectivity index (χ1v) is 7.51. The summed E-state index contributed by atoms with van der Waals surface area (Å²) in [6, 6.07) is 10.8. The molecular weight excluding hydrogens is 262 g/mol. The van der Waals surface area contributed by atoms with Crippen LogP contribution in [0.1, 0.15) is 35.4 Å². The molecule has 1 nitrogen and oxygen atoms in total. The van der Waals surface area contributed by atoms with Crippen LogP contribution in [0.5, 0.6) is 0 Å². The molecule has 0 radical (unpaired) electrons. The second kappa shape index (κ2) is 6.37. The lowest BCUT2D eigenvalue weighted by Gasteiger charge is -2.18. The Morgan fingerprint density at radius 3 is 2.78 bits per heavy atom. The third-order valence-electron chi connectivity index (χ3n) is 2.94. The zero-order valence-electron chi connectivity index (χ0n) is 10.7. The van der Waals surface area contributed by atoms with Gasteiger partial charge in [0.25, 0.3) is 0 Å². The van der Waals surface area contributed by atoms with Crippen LogP contribution in [0.25, 0.3) is 0 Å². The first-order chi connectivity index (χ1) is 8.72. The van der Waals surface area contributed by atoms with Crippen molar-refractivity contribution in [3.8, 4) is 0 Å². The highest BCUT2D eigenvalue weighted by molar-refractivity contribution is 7.10. The van der Waals surface area contributed by atoms with E-state index in [0.717, 1.165) is 23.6 Å². The Morgan fingerprint density at radius 2 is 2.17 bits per heavy atom. The summed E-state index contributed by atoms with van der Waals surface area (Å²) in [7, 11) is 0. The Morgan fingerprint density at radius 1 is 1.33 bits per heavy atom. The maximum absolute atomic E-state index is 6.10. The van der Waals surface area contributed by atoms with Gasteiger partial charge in [-0.2, -0.15) is 0 Å². The molecule has 1 unspecified atom stereocenters. The van der Waals surface area contributed by atoms with Crippen molar-refractivity contribution in [2.45, 2.75) is 26.3 Å². The average Bonchev–Trinajstić information content (AvgIpc) is 2.88. The van der Waals surface area contributed by atoms with E-state index < -0.39 is 0 Å². The number of hydrogen-bond donors (Lipinski definition) is 1. The second-order valence-corrected chi connectivity index (χ2v) is 5.80. The van der Waals surface area contributed by atoms with E-state index in [1.807, 2.05) is 6.07 Å². The van der Waals surface area contributed by atoms with Crippen molar-refractivity contribution in [2.75, 3.05) is 6.54 Å². The molecule has 0 amide bonds. The van der Waals surface area contributed by atoms with Crippen LogP contribution in [0, 0.1) is 6.92 Å². The maximum atomic E-state index is 6.10. The third kappa shape index (κ3) is 3.14. The minimum Gasteiger partial charge on any atom is -0.306 e. The van der Waals surface area contributed by atoms with Crippen LogP contribution in [0.15, 0.2) is 35.7 Å². The summed E-state index contributed by atoms with van der Waals surface area (Å²) in [5.41, 5.74) is 2.42. The maximum Gasteiger partial charge on any atom is 0.0671 e. The summed E-state index contributed by atoms with van der Waals surface area (Å²) in [6.07, 6.45) is 1.13. The molecule has 0 bridgehead atoms. The molecule has 0 spiro atoms. The molecule has 0 aliphatic carbocycles. The van der Waals surface area contributed by atoms with Crippen molar-refractivity contribution in [1.29, 1.82) is 0 Å². The molecule has 0 aliphatic heterocycles. The number of nitrogens with one attached hydrogen (secondary N) is 1. The van der Waals surface area contributed by atoms with Crippen molar-refractivity contribution < 1.29 is 0 Å². The summed E-state index contributed by atoms with van der Waals surface area (Å²) in [5.74, 6) is 0. The van der Waals surface area contributed by atoms with Crippen LogP contribution in [-0.2, 0) is 0 Å². The van der Waals surface area contributed by atoms with Gasteiger partial charge in [-0.1, -0.05) is 36.7 Å². The number of hydrogen-bond acceptors (Lipinski definition) is 2. The van der Waals surface area contributed by atoms with Crippen molar-refractivity contribution in [2.24, 2.45) is 0 Å². The van der Waals surface area contributed by atoms with Crippen LogP contribution in [0.3, 0.4) is 0 Å². The molecule has 2 aromatic rings. The van der Waals surface area contributed by atoms with E-state index in [-0.39, 0.29) is 6.04 Å². The largest absolute Gasteiger partial charge is 0.306 e.